The second kappa shape index (κ2) is 7.31. The zero-order valence-corrected chi connectivity index (χ0v) is 10.9. The Labute approximate surface area is 104 Å². The molecule has 1 aliphatic rings. The minimum absolute atomic E-state index is 0.0333. The lowest BCUT2D eigenvalue weighted by Crippen LogP contribution is -2.45. The summed E-state index contributed by atoms with van der Waals surface area (Å²) in [6.07, 6.45) is 7.32. The molecule has 1 unspecified atom stereocenters. The van der Waals surface area contributed by atoms with Crippen LogP contribution in [-0.4, -0.2) is 61.5 Å². The molecule has 1 rings (SSSR count). The van der Waals surface area contributed by atoms with Gasteiger partial charge in [0.15, 0.2) is 0 Å². The normalized spacial score (nSPS) is 22.8. The van der Waals surface area contributed by atoms with Gasteiger partial charge in [0.25, 0.3) is 0 Å². The average Bonchev–Trinajstić information content (AvgIpc) is 2.48. The van der Waals surface area contributed by atoms with Crippen LogP contribution >= 0.6 is 0 Å². The van der Waals surface area contributed by atoms with Crippen molar-refractivity contribution in [1.29, 1.82) is 0 Å². The van der Waals surface area contributed by atoms with Gasteiger partial charge in [0.1, 0.15) is 0 Å². The van der Waals surface area contributed by atoms with Gasteiger partial charge in [-0.15, -0.1) is 6.42 Å². The van der Waals surface area contributed by atoms with Gasteiger partial charge in [0, 0.05) is 19.1 Å². The summed E-state index contributed by atoms with van der Waals surface area (Å²) in [6.45, 7) is 6.11. The van der Waals surface area contributed by atoms with Crippen molar-refractivity contribution in [3.05, 3.63) is 0 Å². The van der Waals surface area contributed by atoms with Gasteiger partial charge in [-0.1, -0.05) is 12.8 Å². The number of likely N-dealkylation sites (N-methyl/N-ethyl adjacent to an activating group) is 1. The van der Waals surface area contributed by atoms with E-state index in [9.17, 15) is 4.79 Å². The van der Waals surface area contributed by atoms with E-state index >= 15 is 0 Å². The molecule has 17 heavy (non-hydrogen) atoms. The zero-order valence-electron chi connectivity index (χ0n) is 10.9. The van der Waals surface area contributed by atoms with E-state index in [1.807, 2.05) is 0 Å². The van der Waals surface area contributed by atoms with Gasteiger partial charge in [0.05, 0.1) is 13.1 Å². The number of nitrogens with one attached hydrogen (secondary N) is 1. The number of nitrogens with zero attached hydrogens (tertiary/aromatic N) is 2. The van der Waals surface area contributed by atoms with Gasteiger partial charge in [-0.05, 0) is 26.4 Å². The summed E-state index contributed by atoms with van der Waals surface area (Å²) in [5.74, 6) is 2.46. The second-order valence-electron chi connectivity index (χ2n) is 4.63. The Hall–Kier alpha value is -1.05. The number of carbonyl (C=O) groups is 1. The molecule has 0 saturated carbocycles. The highest BCUT2D eigenvalue weighted by Gasteiger charge is 2.23. The maximum atomic E-state index is 11.7. The lowest BCUT2D eigenvalue weighted by Gasteiger charge is -2.29. The quantitative estimate of drug-likeness (QED) is 0.707. The molecular weight excluding hydrogens is 214 g/mol. The lowest BCUT2D eigenvalue weighted by molar-refractivity contribution is -0.122. The topological polar surface area (TPSA) is 35.6 Å². The molecule has 96 valence electrons. The van der Waals surface area contributed by atoms with Crippen LogP contribution in [0.25, 0.3) is 0 Å². The third-order valence-electron chi connectivity index (χ3n) is 3.23. The first-order chi connectivity index (χ1) is 8.17. The Morgan fingerprint density at radius 1 is 1.53 bits per heavy atom. The Balaban J connectivity index is 2.48. The number of carbonyl (C=O) groups excluding carboxylic acids is 1. The van der Waals surface area contributed by atoms with E-state index in [4.69, 9.17) is 6.42 Å². The van der Waals surface area contributed by atoms with Gasteiger partial charge >= 0.3 is 0 Å². The van der Waals surface area contributed by atoms with Crippen LogP contribution in [0.15, 0.2) is 0 Å². The van der Waals surface area contributed by atoms with Crippen molar-refractivity contribution in [2.45, 2.75) is 25.8 Å². The first-order valence-electron chi connectivity index (χ1n) is 6.30. The molecule has 1 fully saturated rings. The van der Waals surface area contributed by atoms with E-state index in [0.29, 0.717) is 19.1 Å². The zero-order chi connectivity index (χ0) is 12.7. The van der Waals surface area contributed by atoms with Crippen molar-refractivity contribution < 1.29 is 4.79 Å². The summed E-state index contributed by atoms with van der Waals surface area (Å²) < 4.78 is 0. The van der Waals surface area contributed by atoms with Crippen LogP contribution in [-0.2, 0) is 4.79 Å². The van der Waals surface area contributed by atoms with Crippen molar-refractivity contribution in [2.75, 3.05) is 39.8 Å². The van der Waals surface area contributed by atoms with Gasteiger partial charge in [-0.3, -0.25) is 9.69 Å². The smallest absolute Gasteiger partial charge is 0.234 e. The molecule has 0 radical (unpaired) electrons. The maximum absolute atomic E-state index is 11.7. The molecule has 0 aromatic rings. The molecule has 0 bridgehead atoms. The molecular formula is C13H23N3O. The highest BCUT2D eigenvalue weighted by molar-refractivity contribution is 5.78. The van der Waals surface area contributed by atoms with E-state index in [2.05, 4.69) is 35.0 Å². The van der Waals surface area contributed by atoms with Crippen LogP contribution in [0.1, 0.15) is 19.8 Å². The Morgan fingerprint density at radius 2 is 2.29 bits per heavy atom. The lowest BCUT2D eigenvalue weighted by atomic mass is 10.2. The molecule has 1 saturated heterocycles. The monoisotopic (exact) mass is 237 g/mol. The van der Waals surface area contributed by atoms with E-state index in [-0.39, 0.29) is 5.91 Å². The van der Waals surface area contributed by atoms with Crippen LogP contribution in [0.4, 0.5) is 0 Å². The number of hydrogen-bond donors (Lipinski definition) is 1. The van der Waals surface area contributed by atoms with Crippen molar-refractivity contribution >= 4 is 5.91 Å². The Kier molecular flexibility index (Phi) is 6.03. The van der Waals surface area contributed by atoms with Crippen molar-refractivity contribution in [2.24, 2.45) is 0 Å². The number of hydrogen-bond acceptors (Lipinski definition) is 3. The second-order valence-corrected chi connectivity index (χ2v) is 4.63. The number of terminal acetylenes is 1. The highest BCUT2D eigenvalue weighted by Crippen LogP contribution is 2.11. The molecule has 4 heteroatoms. The standard InChI is InChI=1S/C13H23N3O/c1-4-7-14-13(17)11-16-9-6-8-15(3)10-12(16)5-2/h1,12H,5-11H2,2-3H3,(H,14,17). The molecule has 4 nitrogen and oxygen atoms in total. The molecule has 1 heterocycles. The van der Waals surface area contributed by atoms with Crippen LogP contribution in [0, 0.1) is 12.3 Å². The highest BCUT2D eigenvalue weighted by atomic mass is 16.2. The van der Waals surface area contributed by atoms with E-state index in [1.165, 1.54) is 0 Å². The summed E-state index contributed by atoms with van der Waals surface area (Å²) in [5.41, 5.74) is 0. The first kappa shape index (κ1) is 14.0. The summed E-state index contributed by atoms with van der Waals surface area (Å²) in [5, 5.41) is 2.73. The summed E-state index contributed by atoms with van der Waals surface area (Å²) in [6, 6.07) is 0.471. The van der Waals surface area contributed by atoms with Crippen molar-refractivity contribution in [1.82, 2.24) is 15.1 Å². The maximum Gasteiger partial charge on any atom is 0.234 e. The van der Waals surface area contributed by atoms with Crippen LogP contribution in [0.3, 0.4) is 0 Å². The molecule has 1 aliphatic heterocycles. The van der Waals surface area contributed by atoms with Crippen LogP contribution in [0.5, 0.6) is 0 Å². The number of amides is 1. The third kappa shape index (κ3) is 4.76. The number of rotatable bonds is 4. The Morgan fingerprint density at radius 3 is 2.94 bits per heavy atom. The first-order valence-corrected chi connectivity index (χ1v) is 6.30. The molecule has 0 aromatic carbocycles. The Bertz CT molecular complexity index is 285. The fraction of sp³-hybridized carbons (Fsp3) is 0.769. The summed E-state index contributed by atoms with van der Waals surface area (Å²) in [7, 11) is 2.14. The predicted molar refractivity (Wildman–Crippen MR) is 69.6 cm³/mol. The van der Waals surface area contributed by atoms with Gasteiger partial charge < -0.3 is 10.2 Å². The van der Waals surface area contributed by atoms with Crippen LogP contribution < -0.4 is 5.32 Å². The minimum Gasteiger partial charge on any atom is -0.344 e. The summed E-state index contributed by atoms with van der Waals surface area (Å²) >= 11 is 0. The van der Waals surface area contributed by atoms with Gasteiger partial charge in [-0.25, -0.2) is 0 Å². The van der Waals surface area contributed by atoms with Gasteiger partial charge in [0.2, 0.25) is 5.91 Å². The summed E-state index contributed by atoms with van der Waals surface area (Å²) in [4.78, 5) is 16.3. The third-order valence-corrected chi connectivity index (χ3v) is 3.23. The largest absolute Gasteiger partial charge is 0.344 e. The fourth-order valence-corrected chi connectivity index (χ4v) is 2.28. The van der Waals surface area contributed by atoms with E-state index < -0.39 is 0 Å². The van der Waals surface area contributed by atoms with Crippen molar-refractivity contribution in [3.63, 3.8) is 0 Å². The molecule has 0 aromatic heterocycles. The minimum atomic E-state index is 0.0333. The van der Waals surface area contributed by atoms with Crippen LogP contribution in [0.2, 0.25) is 0 Å². The van der Waals surface area contributed by atoms with E-state index in [1.54, 1.807) is 0 Å². The van der Waals surface area contributed by atoms with E-state index in [0.717, 1.165) is 32.5 Å². The van der Waals surface area contributed by atoms with Crippen molar-refractivity contribution in [3.8, 4) is 12.3 Å². The van der Waals surface area contributed by atoms with Gasteiger partial charge in [-0.2, -0.15) is 0 Å². The molecule has 0 spiro atoms. The average molecular weight is 237 g/mol. The molecule has 1 amide bonds. The molecule has 1 atom stereocenters. The molecule has 1 N–H and O–H groups in total. The fourth-order valence-electron chi connectivity index (χ4n) is 2.28. The SMILES string of the molecule is C#CCNC(=O)CN1CCCN(C)CC1CC. The molecule has 0 aliphatic carbocycles. The predicted octanol–water partition coefficient (Wildman–Crippen LogP) is 0.152.